The molecule has 3 rings (SSSR count). The Bertz CT molecular complexity index is 1140. The molecule has 0 saturated carbocycles. The van der Waals surface area contributed by atoms with Gasteiger partial charge in [0, 0.05) is 4.90 Å². The van der Waals surface area contributed by atoms with Crippen LogP contribution in [0.15, 0.2) is 93.8 Å². The number of carbonyl (C=O) groups is 1. The fourth-order valence-corrected chi connectivity index (χ4v) is 4.63. The first-order chi connectivity index (χ1) is 14.9. The number of thioether (sulfide) groups is 1. The fourth-order valence-electron chi connectivity index (χ4n) is 2.78. The zero-order valence-electron chi connectivity index (χ0n) is 17.2. The highest BCUT2D eigenvalue weighted by atomic mass is 32.2. The number of aryl methyl sites for hydroxylation is 1. The summed E-state index contributed by atoms with van der Waals surface area (Å²) in [5.41, 5.74) is 4.63. The monoisotopic (exact) mass is 453 g/mol. The van der Waals surface area contributed by atoms with E-state index in [4.69, 9.17) is 0 Å². The molecular weight excluding hydrogens is 430 g/mol. The highest BCUT2D eigenvalue weighted by molar-refractivity contribution is 7.98. The summed E-state index contributed by atoms with van der Waals surface area (Å²) < 4.78 is 27.5. The molecule has 0 spiro atoms. The van der Waals surface area contributed by atoms with Crippen molar-refractivity contribution in [2.75, 3.05) is 17.1 Å². The minimum Gasteiger partial charge on any atom is -0.271 e. The second-order valence-electron chi connectivity index (χ2n) is 6.73. The van der Waals surface area contributed by atoms with Gasteiger partial charge < -0.3 is 0 Å². The van der Waals surface area contributed by atoms with Crippen molar-refractivity contribution in [3.8, 4) is 0 Å². The van der Waals surface area contributed by atoms with Gasteiger partial charge in [0.2, 0.25) is 0 Å². The maximum absolute atomic E-state index is 13.2. The van der Waals surface area contributed by atoms with Crippen LogP contribution in [0.5, 0.6) is 0 Å². The lowest BCUT2D eigenvalue weighted by Gasteiger charge is -2.23. The lowest BCUT2D eigenvalue weighted by atomic mass is 10.2. The number of sulfonamides is 1. The fraction of sp³-hybridized carbons (Fsp3) is 0.130. The molecule has 3 aromatic rings. The molecule has 0 fully saturated rings. The van der Waals surface area contributed by atoms with E-state index in [1.165, 1.54) is 18.3 Å². The van der Waals surface area contributed by atoms with Gasteiger partial charge in [0.1, 0.15) is 6.54 Å². The van der Waals surface area contributed by atoms with Crippen LogP contribution in [0.3, 0.4) is 0 Å². The van der Waals surface area contributed by atoms with Gasteiger partial charge in [-0.05, 0) is 55.1 Å². The number of amides is 1. The lowest BCUT2D eigenvalue weighted by molar-refractivity contribution is -0.119. The molecule has 160 valence electrons. The summed E-state index contributed by atoms with van der Waals surface area (Å²) in [6.45, 7) is 1.51. The molecule has 1 N–H and O–H groups in total. The van der Waals surface area contributed by atoms with Crippen molar-refractivity contribution in [3.63, 3.8) is 0 Å². The highest BCUT2D eigenvalue weighted by Crippen LogP contribution is 2.23. The number of rotatable bonds is 8. The molecule has 0 radical (unpaired) electrons. The van der Waals surface area contributed by atoms with Gasteiger partial charge in [0.05, 0.1) is 16.8 Å². The van der Waals surface area contributed by atoms with Crippen LogP contribution in [-0.2, 0) is 14.8 Å². The van der Waals surface area contributed by atoms with Crippen molar-refractivity contribution in [1.82, 2.24) is 5.43 Å². The molecule has 0 atom stereocenters. The van der Waals surface area contributed by atoms with Gasteiger partial charge in [-0.15, -0.1) is 11.8 Å². The summed E-state index contributed by atoms with van der Waals surface area (Å²) in [5, 5.41) is 3.96. The third kappa shape index (κ3) is 5.96. The topological polar surface area (TPSA) is 78.8 Å². The molecule has 0 unspecified atom stereocenters. The van der Waals surface area contributed by atoms with Crippen LogP contribution in [0.4, 0.5) is 5.69 Å². The molecule has 0 aliphatic heterocycles. The zero-order chi connectivity index (χ0) is 22.3. The van der Waals surface area contributed by atoms with E-state index in [-0.39, 0.29) is 4.90 Å². The van der Waals surface area contributed by atoms with Crippen LogP contribution >= 0.6 is 11.8 Å². The number of nitrogens with zero attached hydrogens (tertiary/aromatic N) is 2. The second-order valence-corrected chi connectivity index (χ2v) is 9.47. The molecule has 6 nitrogen and oxygen atoms in total. The standard InChI is InChI=1S/C23H23N3O3S2/c1-18-8-12-20(13-9-18)26(31(28,29)22-6-4-3-5-7-22)17-23(27)25-24-16-19-10-14-21(30-2)15-11-19/h3-16H,17H2,1-2H3,(H,25,27)/b24-16-. The average molecular weight is 454 g/mol. The van der Waals surface area contributed by atoms with Crippen LogP contribution in [0.25, 0.3) is 0 Å². The van der Waals surface area contributed by atoms with E-state index >= 15 is 0 Å². The van der Waals surface area contributed by atoms with Crippen molar-refractivity contribution in [3.05, 3.63) is 90.0 Å². The molecule has 8 heteroatoms. The Morgan fingerprint density at radius 2 is 1.65 bits per heavy atom. The SMILES string of the molecule is CSc1ccc(/C=N\NC(=O)CN(c2ccc(C)cc2)S(=O)(=O)c2ccccc2)cc1. The Hall–Kier alpha value is -3.10. The van der Waals surface area contributed by atoms with E-state index in [9.17, 15) is 13.2 Å². The number of hydrogen-bond acceptors (Lipinski definition) is 5. The summed E-state index contributed by atoms with van der Waals surface area (Å²) in [4.78, 5) is 13.8. The first kappa shape index (κ1) is 22.6. The largest absolute Gasteiger partial charge is 0.271 e. The van der Waals surface area contributed by atoms with Gasteiger partial charge in [0.25, 0.3) is 15.9 Å². The predicted octanol–water partition coefficient (Wildman–Crippen LogP) is 4.06. The van der Waals surface area contributed by atoms with E-state index in [1.807, 2.05) is 37.4 Å². The maximum Gasteiger partial charge on any atom is 0.264 e. The van der Waals surface area contributed by atoms with Crippen LogP contribution < -0.4 is 9.73 Å². The zero-order valence-corrected chi connectivity index (χ0v) is 18.9. The Kier molecular flexibility index (Phi) is 7.49. The van der Waals surface area contributed by atoms with Crippen molar-refractivity contribution in [2.45, 2.75) is 16.7 Å². The molecule has 0 aliphatic rings. The van der Waals surface area contributed by atoms with Crippen molar-refractivity contribution < 1.29 is 13.2 Å². The molecule has 3 aromatic carbocycles. The third-order valence-corrected chi connectivity index (χ3v) is 6.99. The predicted molar refractivity (Wildman–Crippen MR) is 126 cm³/mol. The number of hydrazone groups is 1. The highest BCUT2D eigenvalue weighted by Gasteiger charge is 2.26. The molecule has 0 saturated heterocycles. The second kappa shape index (κ2) is 10.3. The van der Waals surface area contributed by atoms with Gasteiger partial charge in [0.15, 0.2) is 0 Å². The van der Waals surface area contributed by atoms with Crippen molar-refractivity contribution >= 4 is 39.6 Å². The van der Waals surface area contributed by atoms with Gasteiger partial charge in [-0.25, -0.2) is 13.8 Å². The van der Waals surface area contributed by atoms with E-state index < -0.39 is 22.5 Å². The molecule has 0 heterocycles. The van der Waals surface area contributed by atoms with Crippen LogP contribution in [-0.4, -0.2) is 33.3 Å². The Balaban J connectivity index is 1.78. The van der Waals surface area contributed by atoms with Gasteiger partial charge in [-0.1, -0.05) is 48.0 Å². The first-order valence-corrected chi connectivity index (χ1v) is 12.2. The van der Waals surface area contributed by atoms with Crippen molar-refractivity contribution in [1.29, 1.82) is 0 Å². The molecule has 1 amide bonds. The normalized spacial score (nSPS) is 11.4. The van der Waals surface area contributed by atoms with E-state index in [1.54, 1.807) is 54.2 Å². The summed E-state index contributed by atoms with van der Waals surface area (Å²) in [6, 6.07) is 22.7. The average Bonchev–Trinajstić information content (AvgIpc) is 2.79. The third-order valence-electron chi connectivity index (χ3n) is 4.46. The summed E-state index contributed by atoms with van der Waals surface area (Å²) in [6.07, 6.45) is 3.51. The Labute approximate surface area is 187 Å². The molecular formula is C23H23N3O3S2. The summed E-state index contributed by atoms with van der Waals surface area (Å²) in [7, 11) is -3.93. The van der Waals surface area contributed by atoms with Crippen molar-refractivity contribution in [2.24, 2.45) is 5.10 Å². The minimum absolute atomic E-state index is 0.112. The van der Waals surface area contributed by atoms with E-state index in [0.29, 0.717) is 5.69 Å². The molecule has 0 aromatic heterocycles. The Morgan fingerprint density at radius 1 is 1.00 bits per heavy atom. The number of hydrogen-bond donors (Lipinski definition) is 1. The van der Waals surface area contributed by atoms with Gasteiger partial charge in [-0.3, -0.25) is 9.10 Å². The summed E-state index contributed by atoms with van der Waals surface area (Å²) >= 11 is 1.64. The van der Waals surface area contributed by atoms with Gasteiger partial charge in [-0.2, -0.15) is 5.10 Å². The summed E-state index contributed by atoms with van der Waals surface area (Å²) in [5.74, 6) is -0.544. The molecule has 31 heavy (non-hydrogen) atoms. The van der Waals surface area contributed by atoms with Crippen LogP contribution in [0.1, 0.15) is 11.1 Å². The number of carbonyl (C=O) groups excluding carboxylic acids is 1. The number of benzene rings is 3. The van der Waals surface area contributed by atoms with Gasteiger partial charge >= 0.3 is 0 Å². The Morgan fingerprint density at radius 3 is 2.26 bits per heavy atom. The van der Waals surface area contributed by atoms with E-state index in [0.717, 1.165) is 20.3 Å². The molecule has 0 bridgehead atoms. The first-order valence-electron chi connectivity index (χ1n) is 9.50. The minimum atomic E-state index is -3.93. The maximum atomic E-state index is 13.2. The number of nitrogens with one attached hydrogen (secondary N) is 1. The van der Waals surface area contributed by atoms with Crippen LogP contribution in [0, 0.1) is 6.92 Å². The number of anilines is 1. The lowest BCUT2D eigenvalue weighted by Crippen LogP contribution is -2.39. The quantitative estimate of drug-likeness (QED) is 0.317. The van der Waals surface area contributed by atoms with Crippen LogP contribution in [0.2, 0.25) is 0 Å². The smallest absolute Gasteiger partial charge is 0.264 e. The molecule has 0 aliphatic carbocycles. The van der Waals surface area contributed by atoms with E-state index in [2.05, 4.69) is 10.5 Å².